The molecule has 0 saturated carbocycles. The molecule has 0 fully saturated rings. The van der Waals surface area contributed by atoms with Gasteiger partial charge in [0.1, 0.15) is 22.7 Å². The number of H-pyrrole nitrogens is 2. The van der Waals surface area contributed by atoms with Gasteiger partial charge in [0.15, 0.2) is 5.82 Å². The van der Waals surface area contributed by atoms with Gasteiger partial charge in [-0.3, -0.25) is 15.1 Å². The van der Waals surface area contributed by atoms with Crippen molar-refractivity contribution in [2.24, 2.45) is 0 Å². The molecule has 0 unspecified atom stereocenters. The quantitative estimate of drug-likeness (QED) is 0.406. The van der Waals surface area contributed by atoms with Crippen molar-refractivity contribution < 1.29 is 4.39 Å². The number of aromatic nitrogens is 6. The molecule has 0 spiro atoms. The summed E-state index contributed by atoms with van der Waals surface area (Å²) in [4.78, 5) is 17.6. The van der Waals surface area contributed by atoms with E-state index in [-0.39, 0.29) is 5.82 Å². The maximum atomic E-state index is 15.6. The predicted octanol–water partition coefficient (Wildman–Crippen LogP) is 5.43. The molecule has 0 radical (unpaired) electrons. The molecule has 30 heavy (non-hydrogen) atoms. The van der Waals surface area contributed by atoms with Crippen LogP contribution in [0, 0.1) is 5.82 Å². The lowest BCUT2D eigenvalue weighted by Crippen LogP contribution is -1.89. The van der Waals surface area contributed by atoms with Crippen LogP contribution in [0.15, 0.2) is 66.4 Å². The fourth-order valence-corrected chi connectivity index (χ4v) is 4.35. The maximum Gasteiger partial charge on any atom is 0.159 e. The molecule has 2 N–H and O–H groups in total. The van der Waals surface area contributed by atoms with Crippen LogP contribution in [0.3, 0.4) is 0 Å². The van der Waals surface area contributed by atoms with Crippen molar-refractivity contribution in [2.45, 2.75) is 0 Å². The number of hydrogen-bond donors (Lipinski definition) is 2. The highest BCUT2D eigenvalue weighted by Gasteiger charge is 2.20. The fourth-order valence-electron chi connectivity index (χ4n) is 3.63. The third-order valence-corrected chi connectivity index (χ3v) is 5.90. The highest BCUT2D eigenvalue weighted by atomic mass is 32.1. The fraction of sp³-hybridized carbons (Fsp3) is 0. The van der Waals surface area contributed by atoms with Crippen molar-refractivity contribution in [1.82, 2.24) is 30.1 Å². The van der Waals surface area contributed by atoms with E-state index in [9.17, 15) is 0 Å². The lowest BCUT2D eigenvalue weighted by molar-refractivity contribution is 0.643. The zero-order valence-electron chi connectivity index (χ0n) is 15.4. The molecule has 0 aliphatic carbocycles. The summed E-state index contributed by atoms with van der Waals surface area (Å²) < 4.78 is 15.6. The first-order valence-corrected chi connectivity index (χ1v) is 10.1. The number of nitrogens with one attached hydrogen (secondary N) is 2. The molecule has 5 aromatic heterocycles. The Kier molecular flexibility index (Phi) is 3.72. The Balaban J connectivity index is 1.57. The van der Waals surface area contributed by atoms with Gasteiger partial charge in [-0.25, -0.2) is 9.37 Å². The average Bonchev–Trinajstić information content (AvgIpc) is 3.53. The number of halogens is 1. The van der Waals surface area contributed by atoms with Gasteiger partial charge in [-0.05, 0) is 35.7 Å². The van der Waals surface area contributed by atoms with Gasteiger partial charge in [-0.2, -0.15) is 5.10 Å². The number of fused-ring (bicyclic) bond motifs is 2. The molecule has 6 nitrogen and oxygen atoms in total. The van der Waals surface area contributed by atoms with E-state index in [1.807, 2.05) is 35.7 Å². The van der Waals surface area contributed by atoms with E-state index in [4.69, 9.17) is 4.98 Å². The summed E-state index contributed by atoms with van der Waals surface area (Å²) in [6, 6.07) is 13.0. The smallest absolute Gasteiger partial charge is 0.159 e. The minimum atomic E-state index is -0.360. The van der Waals surface area contributed by atoms with Gasteiger partial charge >= 0.3 is 0 Å². The first kappa shape index (κ1) is 17.0. The molecule has 0 aliphatic rings. The average molecular weight is 412 g/mol. The second-order valence-electron chi connectivity index (χ2n) is 6.78. The summed E-state index contributed by atoms with van der Waals surface area (Å²) in [7, 11) is 0. The summed E-state index contributed by atoms with van der Waals surface area (Å²) in [5, 5.41) is 9.66. The zero-order valence-corrected chi connectivity index (χ0v) is 16.2. The van der Waals surface area contributed by atoms with Crippen LogP contribution in [0.25, 0.3) is 55.2 Å². The van der Waals surface area contributed by atoms with Gasteiger partial charge in [-0.1, -0.05) is 12.1 Å². The lowest BCUT2D eigenvalue weighted by atomic mass is 10.0. The molecule has 0 saturated heterocycles. The van der Waals surface area contributed by atoms with Gasteiger partial charge in [0.2, 0.25) is 0 Å². The number of rotatable bonds is 3. The Morgan fingerprint density at radius 3 is 2.73 bits per heavy atom. The topological polar surface area (TPSA) is 83.1 Å². The van der Waals surface area contributed by atoms with Crippen LogP contribution in [0.1, 0.15) is 0 Å². The van der Waals surface area contributed by atoms with E-state index in [1.54, 1.807) is 42.1 Å². The van der Waals surface area contributed by atoms with Crippen LogP contribution >= 0.6 is 11.3 Å². The Morgan fingerprint density at radius 1 is 0.933 bits per heavy atom. The number of thiophene rings is 1. The molecule has 5 heterocycles. The van der Waals surface area contributed by atoms with Crippen LogP contribution < -0.4 is 0 Å². The molecule has 8 heteroatoms. The van der Waals surface area contributed by atoms with Gasteiger partial charge in [0.05, 0.1) is 21.3 Å². The number of pyridine rings is 2. The second-order valence-corrected chi connectivity index (χ2v) is 7.73. The van der Waals surface area contributed by atoms with Crippen molar-refractivity contribution >= 4 is 33.3 Å². The second kappa shape index (κ2) is 6.57. The van der Waals surface area contributed by atoms with E-state index in [0.717, 1.165) is 21.6 Å². The van der Waals surface area contributed by atoms with Crippen molar-refractivity contribution in [3.8, 4) is 33.2 Å². The summed E-state index contributed by atoms with van der Waals surface area (Å²) >= 11 is 1.60. The van der Waals surface area contributed by atoms with E-state index < -0.39 is 0 Å². The highest BCUT2D eigenvalue weighted by molar-refractivity contribution is 7.13. The number of aromatic amines is 2. The molecule has 0 amide bonds. The Labute approximate surface area is 173 Å². The van der Waals surface area contributed by atoms with E-state index in [1.165, 1.54) is 0 Å². The van der Waals surface area contributed by atoms with Crippen LogP contribution in [0.5, 0.6) is 0 Å². The molecule has 1 aromatic carbocycles. The summed E-state index contributed by atoms with van der Waals surface area (Å²) in [5.74, 6) is 0.130. The molecule has 6 aromatic rings. The minimum absolute atomic E-state index is 0.360. The molecule has 0 bridgehead atoms. The van der Waals surface area contributed by atoms with E-state index in [0.29, 0.717) is 33.5 Å². The predicted molar refractivity (Wildman–Crippen MR) is 115 cm³/mol. The largest absolute Gasteiger partial charge is 0.336 e. The summed E-state index contributed by atoms with van der Waals surface area (Å²) in [6.45, 7) is 0. The normalized spacial score (nSPS) is 11.5. The van der Waals surface area contributed by atoms with Crippen LogP contribution in [0.2, 0.25) is 0 Å². The molecular formula is C22H13FN6S. The summed E-state index contributed by atoms with van der Waals surface area (Å²) in [6.07, 6.45) is 5.05. The number of hydrogen-bond acceptors (Lipinski definition) is 5. The number of nitrogens with zero attached hydrogens (tertiary/aromatic N) is 4. The van der Waals surface area contributed by atoms with Crippen LogP contribution in [0.4, 0.5) is 4.39 Å². The standard InChI is InChI=1S/C22H13FN6S/c23-18-13(12-3-1-8-24-11-12)5-6-14-17(18)21(29-28-14)22-26-15-7-9-25-20(19(15)27-22)16-4-2-10-30-16/h1-11H,(H,26,27)(H,28,29). The van der Waals surface area contributed by atoms with E-state index in [2.05, 4.69) is 25.1 Å². The van der Waals surface area contributed by atoms with Gasteiger partial charge in [0, 0.05) is 29.7 Å². The highest BCUT2D eigenvalue weighted by Crippen LogP contribution is 2.35. The summed E-state index contributed by atoms with van der Waals surface area (Å²) in [5.41, 5.74) is 4.56. The zero-order chi connectivity index (χ0) is 20.1. The Hall–Kier alpha value is -3.91. The lowest BCUT2D eigenvalue weighted by Gasteiger charge is -2.04. The first-order valence-electron chi connectivity index (χ1n) is 9.25. The number of imidazole rings is 1. The van der Waals surface area contributed by atoms with E-state index >= 15 is 4.39 Å². The Bertz CT molecular complexity index is 1500. The maximum absolute atomic E-state index is 15.6. The van der Waals surface area contributed by atoms with Crippen molar-refractivity contribution in [3.63, 3.8) is 0 Å². The van der Waals surface area contributed by atoms with Gasteiger partial charge in [-0.15, -0.1) is 11.3 Å². The third kappa shape index (κ3) is 2.54. The van der Waals surface area contributed by atoms with Crippen molar-refractivity contribution in [1.29, 1.82) is 0 Å². The molecule has 0 atom stereocenters. The van der Waals surface area contributed by atoms with Crippen LogP contribution in [-0.2, 0) is 0 Å². The van der Waals surface area contributed by atoms with Crippen molar-refractivity contribution in [2.75, 3.05) is 0 Å². The number of benzene rings is 1. The minimum Gasteiger partial charge on any atom is -0.336 e. The third-order valence-electron chi connectivity index (χ3n) is 5.02. The molecule has 6 rings (SSSR count). The molecule has 144 valence electrons. The SMILES string of the molecule is Fc1c(-c2cccnc2)ccc2[nH]nc(-c3nc4c(-c5cccs5)nccc4[nH]3)c12. The molecule has 0 aliphatic heterocycles. The van der Waals surface area contributed by atoms with Gasteiger partial charge < -0.3 is 4.98 Å². The van der Waals surface area contributed by atoms with Crippen molar-refractivity contribution in [3.05, 3.63) is 72.3 Å². The molecular weight excluding hydrogens is 399 g/mol. The first-order chi connectivity index (χ1) is 14.8. The Morgan fingerprint density at radius 2 is 1.90 bits per heavy atom. The monoisotopic (exact) mass is 412 g/mol. The van der Waals surface area contributed by atoms with Gasteiger partial charge in [0.25, 0.3) is 0 Å². The van der Waals surface area contributed by atoms with Crippen LogP contribution in [-0.4, -0.2) is 30.1 Å².